The number of piperazine rings is 1. The van der Waals surface area contributed by atoms with Gasteiger partial charge in [-0.05, 0) is 37.3 Å². The Morgan fingerprint density at radius 1 is 1.55 bits per heavy atom. The molecule has 0 aromatic carbocycles. The van der Waals surface area contributed by atoms with E-state index in [-0.39, 0.29) is 36.5 Å². The molecule has 1 aromatic heterocycles. The van der Waals surface area contributed by atoms with Gasteiger partial charge in [0.2, 0.25) is 11.8 Å². The predicted molar refractivity (Wildman–Crippen MR) is 79.4 cm³/mol. The lowest BCUT2D eigenvalue weighted by Crippen LogP contribution is -2.60. The number of nitrogens with two attached hydrogens (primary N) is 1. The van der Waals surface area contributed by atoms with Gasteiger partial charge in [0.05, 0.1) is 18.6 Å². The van der Waals surface area contributed by atoms with Crippen LogP contribution in [0.15, 0.2) is 11.4 Å². The first-order valence-electron chi connectivity index (χ1n) is 6.84. The molecule has 3 unspecified atom stereocenters. The number of amides is 2. The minimum absolute atomic E-state index is 0.102. The quantitative estimate of drug-likeness (QED) is 0.818. The zero-order valence-corrected chi connectivity index (χ0v) is 12.9. The highest BCUT2D eigenvalue weighted by atomic mass is 32.1. The number of carbonyl (C=O) groups excluding carboxylic acids is 2. The molecule has 110 valence electrons. The van der Waals surface area contributed by atoms with Crippen LogP contribution in [0.3, 0.4) is 0 Å². The number of imide groups is 1. The molecular weight excluding hydrogens is 274 g/mol. The Morgan fingerprint density at radius 3 is 2.75 bits per heavy atom. The SMILES string of the molecule is CCC1C(=O)NC(=O)CN1C(c1sccc1C)C(C)N. The van der Waals surface area contributed by atoms with E-state index in [1.807, 2.05) is 37.1 Å². The molecule has 2 rings (SSSR count). The van der Waals surface area contributed by atoms with Crippen LogP contribution in [-0.4, -0.2) is 35.3 Å². The second-order valence-corrected chi connectivity index (χ2v) is 6.23. The van der Waals surface area contributed by atoms with Gasteiger partial charge in [0.25, 0.3) is 0 Å². The minimum atomic E-state index is -0.301. The molecule has 20 heavy (non-hydrogen) atoms. The summed E-state index contributed by atoms with van der Waals surface area (Å²) in [5, 5.41) is 4.43. The van der Waals surface area contributed by atoms with Crippen LogP contribution in [-0.2, 0) is 9.59 Å². The van der Waals surface area contributed by atoms with E-state index < -0.39 is 0 Å². The second-order valence-electron chi connectivity index (χ2n) is 5.28. The molecule has 3 N–H and O–H groups in total. The highest BCUT2D eigenvalue weighted by Crippen LogP contribution is 2.33. The number of nitrogens with one attached hydrogen (secondary N) is 1. The largest absolute Gasteiger partial charge is 0.326 e. The average molecular weight is 295 g/mol. The zero-order chi connectivity index (χ0) is 14.9. The number of thiophene rings is 1. The van der Waals surface area contributed by atoms with Crippen molar-refractivity contribution in [3.8, 4) is 0 Å². The number of carbonyl (C=O) groups is 2. The van der Waals surface area contributed by atoms with E-state index in [4.69, 9.17) is 5.73 Å². The summed E-state index contributed by atoms with van der Waals surface area (Å²) in [5.74, 6) is -0.469. The highest BCUT2D eigenvalue weighted by Gasteiger charge is 2.39. The lowest BCUT2D eigenvalue weighted by Gasteiger charge is -2.40. The maximum Gasteiger partial charge on any atom is 0.243 e. The molecule has 1 aliphatic heterocycles. The van der Waals surface area contributed by atoms with Crippen molar-refractivity contribution in [1.82, 2.24) is 10.2 Å². The molecule has 2 amide bonds. The standard InChI is InChI=1S/C14H21N3O2S/c1-4-10-14(19)16-11(18)7-17(10)12(9(3)15)13-8(2)5-6-20-13/h5-6,9-10,12H,4,7,15H2,1-3H3,(H,16,18,19). The van der Waals surface area contributed by atoms with E-state index in [1.54, 1.807) is 11.3 Å². The fraction of sp³-hybridized carbons (Fsp3) is 0.571. The number of rotatable bonds is 4. The first-order chi connectivity index (χ1) is 9.45. The third-order valence-corrected chi connectivity index (χ3v) is 4.79. The van der Waals surface area contributed by atoms with Crippen LogP contribution >= 0.6 is 11.3 Å². The van der Waals surface area contributed by atoms with Crippen molar-refractivity contribution < 1.29 is 9.59 Å². The molecule has 3 atom stereocenters. The number of hydrogen-bond acceptors (Lipinski definition) is 5. The zero-order valence-electron chi connectivity index (χ0n) is 12.1. The lowest BCUT2D eigenvalue weighted by atomic mass is 9.99. The number of aryl methyl sites for hydroxylation is 1. The van der Waals surface area contributed by atoms with Crippen molar-refractivity contribution in [3.05, 3.63) is 21.9 Å². The van der Waals surface area contributed by atoms with Gasteiger partial charge in [-0.1, -0.05) is 6.92 Å². The summed E-state index contributed by atoms with van der Waals surface area (Å²) in [6.07, 6.45) is 0.659. The lowest BCUT2D eigenvalue weighted by molar-refractivity contribution is -0.142. The normalized spacial score (nSPS) is 23.5. The van der Waals surface area contributed by atoms with Gasteiger partial charge in [-0.15, -0.1) is 11.3 Å². The number of nitrogens with zero attached hydrogens (tertiary/aromatic N) is 1. The van der Waals surface area contributed by atoms with E-state index >= 15 is 0 Å². The average Bonchev–Trinajstić information content (AvgIpc) is 2.75. The molecule has 1 aliphatic rings. The van der Waals surface area contributed by atoms with Crippen molar-refractivity contribution in [2.24, 2.45) is 5.73 Å². The molecule has 2 heterocycles. The Hall–Kier alpha value is -1.24. The van der Waals surface area contributed by atoms with Crippen LogP contribution in [0.5, 0.6) is 0 Å². The first-order valence-corrected chi connectivity index (χ1v) is 7.72. The summed E-state index contributed by atoms with van der Waals surface area (Å²) < 4.78 is 0. The van der Waals surface area contributed by atoms with Gasteiger partial charge in [0, 0.05) is 10.9 Å². The van der Waals surface area contributed by atoms with Gasteiger partial charge < -0.3 is 5.73 Å². The monoisotopic (exact) mass is 295 g/mol. The second kappa shape index (κ2) is 6.03. The maximum absolute atomic E-state index is 12.0. The molecule has 6 heteroatoms. The summed E-state index contributed by atoms with van der Waals surface area (Å²) in [6.45, 7) is 6.13. The summed E-state index contributed by atoms with van der Waals surface area (Å²) in [4.78, 5) is 26.8. The molecule has 1 saturated heterocycles. The minimum Gasteiger partial charge on any atom is -0.326 e. The van der Waals surface area contributed by atoms with Crippen LogP contribution in [0.1, 0.15) is 36.8 Å². The molecule has 0 radical (unpaired) electrons. The molecule has 1 aromatic rings. The molecule has 0 aliphatic carbocycles. The van der Waals surface area contributed by atoms with Gasteiger partial charge in [0.15, 0.2) is 0 Å². The Balaban J connectivity index is 2.39. The van der Waals surface area contributed by atoms with Crippen LogP contribution in [0.4, 0.5) is 0 Å². The summed E-state index contributed by atoms with van der Waals surface area (Å²) in [7, 11) is 0. The maximum atomic E-state index is 12.0. The molecule has 0 saturated carbocycles. The van der Waals surface area contributed by atoms with Crippen molar-refractivity contribution in [2.75, 3.05) is 6.54 Å². The van der Waals surface area contributed by atoms with Crippen molar-refractivity contribution in [1.29, 1.82) is 0 Å². The van der Waals surface area contributed by atoms with Crippen LogP contribution in [0.25, 0.3) is 0 Å². The van der Waals surface area contributed by atoms with Gasteiger partial charge in [-0.25, -0.2) is 0 Å². The molecule has 5 nitrogen and oxygen atoms in total. The Bertz CT molecular complexity index is 512. The predicted octanol–water partition coefficient (Wildman–Crippen LogP) is 1.18. The molecular formula is C14H21N3O2S. The number of hydrogen-bond donors (Lipinski definition) is 2. The van der Waals surface area contributed by atoms with Gasteiger partial charge in [-0.3, -0.25) is 19.8 Å². The molecule has 0 spiro atoms. The highest BCUT2D eigenvalue weighted by molar-refractivity contribution is 7.10. The van der Waals surface area contributed by atoms with Crippen molar-refractivity contribution in [3.63, 3.8) is 0 Å². The van der Waals surface area contributed by atoms with E-state index in [2.05, 4.69) is 5.32 Å². The fourth-order valence-electron chi connectivity index (χ4n) is 2.78. The van der Waals surface area contributed by atoms with E-state index in [0.717, 1.165) is 10.4 Å². The Morgan fingerprint density at radius 2 is 2.25 bits per heavy atom. The van der Waals surface area contributed by atoms with Crippen molar-refractivity contribution >= 4 is 23.2 Å². The molecule has 0 bridgehead atoms. The molecule has 1 fully saturated rings. The van der Waals surface area contributed by atoms with Crippen LogP contribution in [0.2, 0.25) is 0 Å². The van der Waals surface area contributed by atoms with E-state index in [0.29, 0.717) is 6.42 Å². The Kier molecular flexibility index (Phi) is 4.57. The first kappa shape index (κ1) is 15.2. The summed E-state index contributed by atoms with van der Waals surface area (Å²) in [5.41, 5.74) is 7.32. The van der Waals surface area contributed by atoms with Gasteiger partial charge >= 0.3 is 0 Å². The van der Waals surface area contributed by atoms with Crippen LogP contribution < -0.4 is 11.1 Å². The smallest absolute Gasteiger partial charge is 0.243 e. The van der Waals surface area contributed by atoms with Gasteiger partial charge in [-0.2, -0.15) is 0 Å². The topological polar surface area (TPSA) is 75.4 Å². The van der Waals surface area contributed by atoms with Crippen LogP contribution in [0, 0.1) is 6.92 Å². The van der Waals surface area contributed by atoms with E-state index in [1.165, 1.54) is 0 Å². The third-order valence-electron chi connectivity index (χ3n) is 3.70. The summed E-state index contributed by atoms with van der Waals surface area (Å²) in [6, 6.07) is 1.49. The van der Waals surface area contributed by atoms with E-state index in [9.17, 15) is 9.59 Å². The summed E-state index contributed by atoms with van der Waals surface area (Å²) >= 11 is 1.63. The van der Waals surface area contributed by atoms with Gasteiger partial charge in [0.1, 0.15) is 0 Å². The van der Waals surface area contributed by atoms with Crippen molar-refractivity contribution in [2.45, 2.75) is 45.3 Å². The Labute approximate surface area is 123 Å². The fourth-order valence-corrected chi connectivity index (χ4v) is 3.94. The third kappa shape index (κ3) is 2.77.